The molecule has 210 valence electrons. The number of carbonyl (C=O) groups is 1. The van der Waals surface area contributed by atoms with Crippen LogP contribution in [0.15, 0.2) is 76.4 Å². The summed E-state index contributed by atoms with van der Waals surface area (Å²) in [6.07, 6.45) is 0.776. The van der Waals surface area contributed by atoms with Gasteiger partial charge in [-0.3, -0.25) is 4.79 Å². The summed E-state index contributed by atoms with van der Waals surface area (Å²) in [7, 11) is 0. The summed E-state index contributed by atoms with van der Waals surface area (Å²) in [5, 5.41) is 12.6. The molecule has 1 N–H and O–H groups in total. The maximum Gasteiger partial charge on any atom is 0.234 e. The van der Waals surface area contributed by atoms with Crippen molar-refractivity contribution < 1.29 is 19.0 Å². The molecule has 4 rings (SSSR count). The van der Waals surface area contributed by atoms with Gasteiger partial charge in [0.2, 0.25) is 11.7 Å². The van der Waals surface area contributed by atoms with E-state index in [9.17, 15) is 4.79 Å². The molecule has 4 aromatic rings. The van der Waals surface area contributed by atoms with Crippen LogP contribution in [0.25, 0.3) is 11.4 Å². The molecule has 0 atom stereocenters. The Hall–Kier alpha value is -3.50. The number of hydrogen-bond acceptors (Lipinski definition) is 7. The van der Waals surface area contributed by atoms with Gasteiger partial charge in [-0.1, -0.05) is 58.0 Å². The molecule has 40 heavy (non-hydrogen) atoms. The number of halogens is 1. The summed E-state index contributed by atoms with van der Waals surface area (Å²) in [4.78, 5) is 12.7. The number of aromatic nitrogens is 3. The number of rotatable bonds is 14. The number of benzene rings is 3. The first-order valence-corrected chi connectivity index (χ1v) is 15.0. The van der Waals surface area contributed by atoms with Gasteiger partial charge in [0.05, 0.1) is 25.6 Å². The van der Waals surface area contributed by atoms with Crippen molar-refractivity contribution in [3.05, 3.63) is 76.8 Å². The van der Waals surface area contributed by atoms with Crippen molar-refractivity contribution >= 4 is 39.3 Å². The fourth-order valence-electron chi connectivity index (χ4n) is 4.07. The zero-order chi connectivity index (χ0) is 28.3. The van der Waals surface area contributed by atoms with Crippen LogP contribution in [-0.4, -0.2) is 46.2 Å². The summed E-state index contributed by atoms with van der Waals surface area (Å²) in [6, 6.07) is 21.6. The van der Waals surface area contributed by atoms with E-state index in [4.69, 9.17) is 14.2 Å². The molecular weight excluding hydrogens is 592 g/mol. The highest BCUT2D eigenvalue weighted by atomic mass is 79.9. The molecule has 8 nitrogen and oxygen atoms in total. The molecule has 0 saturated heterocycles. The number of aryl methyl sites for hydroxylation is 1. The second-order valence-electron chi connectivity index (χ2n) is 8.64. The number of nitrogens with zero attached hydrogens (tertiary/aromatic N) is 3. The van der Waals surface area contributed by atoms with Gasteiger partial charge in [-0.25, -0.2) is 0 Å². The molecule has 0 aliphatic heterocycles. The monoisotopic (exact) mass is 624 g/mol. The predicted molar refractivity (Wildman–Crippen MR) is 163 cm³/mol. The van der Waals surface area contributed by atoms with Gasteiger partial charge >= 0.3 is 0 Å². The SMILES string of the molecule is CCOc1cc(-c2nnc(SCC(=O)Nc3ccc(Br)cc3)n2CCc2ccccc2)cc(OCC)c1OCC. The quantitative estimate of drug-likeness (QED) is 0.153. The van der Waals surface area contributed by atoms with Gasteiger partial charge in [-0.15, -0.1) is 10.2 Å². The maximum absolute atomic E-state index is 12.7. The Kier molecular flexibility index (Phi) is 10.9. The molecule has 0 fully saturated rings. The fourth-order valence-corrected chi connectivity index (χ4v) is 5.10. The molecule has 0 spiro atoms. The van der Waals surface area contributed by atoms with Crippen LogP contribution < -0.4 is 19.5 Å². The Morgan fingerprint density at radius 2 is 1.55 bits per heavy atom. The third kappa shape index (κ3) is 7.79. The van der Waals surface area contributed by atoms with Crippen LogP contribution in [0.1, 0.15) is 26.3 Å². The van der Waals surface area contributed by atoms with E-state index in [1.807, 2.05) is 79.9 Å². The maximum atomic E-state index is 12.7. The second kappa shape index (κ2) is 14.8. The van der Waals surface area contributed by atoms with E-state index < -0.39 is 0 Å². The van der Waals surface area contributed by atoms with E-state index in [1.165, 1.54) is 17.3 Å². The lowest BCUT2D eigenvalue weighted by atomic mass is 10.1. The molecule has 0 aliphatic rings. The normalized spacial score (nSPS) is 10.8. The van der Waals surface area contributed by atoms with Gasteiger partial charge in [-0.05, 0) is 69.2 Å². The molecule has 0 bridgehead atoms. The summed E-state index contributed by atoms with van der Waals surface area (Å²) >= 11 is 4.76. The fraction of sp³-hybridized carbons (Fsp3) is 0.300. The van der Waals surface area contributed by atoms with Crippen LogP contribution in [0.5, 0.6) is 17.2 Å². The summed E-state index contributed by atoms with van der Waals surface area (Å²) in [5.41, 5.74) is 2.73. The Balaban J connectivity index is 1.64. The van der Waals surface area contributed by atoms with Crippen molar-refractivity contribution in [3.8, 4) is 28.6 Å². The minimum absolute atomic E-state index is 0.121. The number of amides is 1. The predicted octanol–water partition coefficient (Wildman–Crippen LogP) is 6.88. The molecule has 1 heterocycles. The van der Waals surface area contributed by atoms with Crippen LogP contribution in [0, 0.1) is 0 Å². The molecule has 0 saturated carbocycles. The van der Waals surface area contributed by atoms with Gasteiger partial charge < -0.3 is 24.1 Å². The standard InChI is InChI=1S/C30H33BrN4O4S/c1-4-37-25-18-22(19-26(38-5-2)28(25)39-6-3)29-33-34-30(35(29)17-16-21-10-8-7-9-11-21)40-20-27(36)32-24-14-12-23(31)13-15-24/h7-15,18-19H,4-6,16-17,20H2,1-3H3,(H,32,36). The van der Waals surface area contributed by atoms with Crippen LogP contribution in [-0.2, 0) is 17.8 Å². The summed E-state index contributed by atoms with van der Waals surface area (Å²) in [5.74, 6) is 2.49. The number of nitrogens with one attached hydrogen (secondary N) is 1. The number of carbonyl (C=O) groups excluding carboxylic acids is 1. The average Bonchev–Trinajstić information content (AvgIpc) is 3.37. The first-order valence-electron chi connectivity index (χ1n) is 13.2. The largest absolute Gasteiger partial charge is 0.490 e. The van der Waals surface area contributed by atoms with Crippen molar-refractivity contribution in [1.29, 1.82) is 0 Å². The van der Waals surface area contributed by atoms with Crippen molar-refractivity contribution in [1.82, 2.24) is 14.8 Å². The van der Waals surface area contributed by atoms with E-state index in [-0.39, 0.29) is 11.7 Å². The third-order valence-corrected chi connectivity index (χ3v) is 7.31. The highest BCUT2D eigenvalue weighted by Gasteiger charge is 2.21. The Bertz CT molecular complexity index is 1370. The number of ether oxygens (including phenoxy) is 3. The van der Waals surface area contributed by atoms with E-state index in [0.29, 0.717) is 54.6 Å². The number of thioether (sulfide) groups is 1. The molecule has 0 aliphatic carbocycles. The molecule has 1 amide bonds. The van der Waals surface area contributed by atoms with E-state index in [2.05, 4.69) is 43.6 Å². The van der Waals surface area contributed by atoms with Gasteiger partial charge in [0.15, 0.2) is 22.5 Å². The molecule has 0 radical (unpaired) electrons. The number of hydrogen-bond donors (Lipinski definition) is 1. The molecule has 10 heteroatoms. The van der Waals surface area contributed by atoms with Gasteiger partial charge in [-0.2, -0.15) is 0 Å². The van der Waals surface area contributed by atoms with Gasteiger partial charge in [0.25, 0.3) is 0 Å². The topological polar surface area (TPSA) is 87.5 Å². The van der Waals surface area contributed by atoms with Crippen LogP contribution in [0.3, 0.4) is 0 Å². The van der Waals surface area contributed by atoms with E-state index in [0.717, 1.165) is 22.1 Å². The zero-order valence-corrected chi connectivity index (χ0v) is 25.3. The van der Waals surface area contributed by atoms with Crippen molar-refractivity contribution in [2.75, 3.05) is 30.9 Å². The smallest absolute Gasteiger partial charge is 0.234 e. The minimum Gasteiger partial charge on any atom is -0.490 e. The minimum atomic E-state index is -0.121. The van der Waals surface area contributed by atoms with Crippen molar-refractivity contribution in [3.63, 3.8) is 0 Å². The van der Waals surface area contributed by atoms with Crippen LogP contribution in [0.2, 0.25) is 0 Å². The van der Waals surface area contributed by atoms with Crippen molar-refractivity contribution in [2.24, 2.45) is 0 Å². The molecule has 1 aromatic heterocycles. The number of anilines is 1. The first kappa shape index (κ1) is 29.5. The summed E-state index contributed by atoms with van der Waals surface area (Å²) < 4.78 is 20.7. The van der Waals surface area contributed by atoms with Gasteiger partial charge in [0.1, 0.15) is 0 Å². The average molecular weight is 626 g/mol. The molecule has 3 aromatic carbocycles. The van der Waals surface area contributed by atoms with Crippen LogP contribution >= 0.6 is 27.7 Å². The van der Waals surface area contributed by atoms with E-state index in [1.54, 1.807) is 0 Å². The van der Waals surface area contributed by atoms with Crippen LogP contribution in [0.4, 0.5) is 5.69 Å². The zero-order valence-electron chi connectivity index (χ0n) is 22.9. The Morgan fingerprint density at radius 3 is 2.17 bits per heavy atom. The first-order chi connectivity index (χ1) is 19.5. The molecular formula is C30H33BrN4O4S. The Labute approximate surface area is 247 Å². The molecule has 0 unspecified atom stereocenters. The highest BCUT2D eigenvalue weighted by Crippen LogP contribution is 2.42. The van der Waals surface area contributed by atoms with Gasteiger partial charge in [0, 0.05) is 22.3 Å². The second-order valence-corrected chi connectivity index (χ2v) is 10.5. The van der Waals surface area contributed by atoms with Crippen molar-refractivity contribution in [2.45, 2.75) is 38.9 Å². The Morgan fingerprint density at radius 1 is 0.900 bits per heavy atom. The lowest BCUT2D eigenvalue weighted by Crippen LogP contribution is -2.15. The summed E-state index contributed by atoms with van der Waals surface area (Å²) in [6.45, 7) is 7.85. The van der Waals surface area contributed by atoms with E-state index >= 15 is 0 Å². The third-order valence-electron chi connectivity index (χ3n) is 5.81. The highest BCUT2D eigenvalue weighted by molar-refractivity contribution is 9.10. The lowest BCUT2D eigenvalue weighted by molar-refractivity contribution is -0.113. The lowest BCUT2D eigenvalue weighted by Gasteiger charge is -2.17.